The molecule has 1 aliphatic rings. The van der Waals surface area contributed by atoms with E-state index in [1.165, 1.54) is 0 Å². The molecule has 104 valence electrons. The molecule has 1 aromatic carbocycles. The molecule has 0 bridgehead atoms. The molecule has 1 aromatic rings. The van der Waals surface area contributed by atoms with E-state index in [1.807, 2.05) is 37.2 Å². The Morgan fingerprint density at radius 1 is 1.26 bits per heavy atom. The van der Waals surface area contributed by atoms with E-state index in [-0.39, 0.29) is 11.9 Å². The number of hydrogen-bond donors (Lipinski definition) is 1. The van der Waals surface area contributed by atoms with Crippen LogP contribution in [-0.4, -0.2) is 50.6 Å². The summed E-state index contributed by atoms with van der Waals surface area (Å²) >= 11 is 0. The van der Waals surface area contributed by atoms with Crippen molar-refractivity contribution in [2.75, 3.05) is 38.6 Å². The molecule has 0 saturated carbocycles. The molecule has 19 heavy (non-hydrogen) atoms. The first-order chi connectivity index (χ1) is 9.13. The lowest BCUT2D eigenvalue weighted by atomic mass is 10.1. The normalized spacial score (nSPS) is 24.5. The number of amides is 1. The SMILES string of the molecule is CNCC1C(=O)N(C)CC(C)CN1c1ccccc1. The van der Waals surface area contributed by atoms with Crippen LogP contribution in [0.1, 0.15) is 6.92 Å². The topological polar surface area (TPSA) is 35.6 Å². The number of nitrogens with one attached hydrogen (secondary N) is 1. The van der Waals surface area contributed by atoms with E-state index >= 15 is 0 Å². The van der Waals surface area contributed by atoms with E-state index in [0.717, 1.165) is 18.8 Å². The fourth-order valence-electron chi connectivity index (χ4n) is 2.76. The van der Waals surface area contributed by atoms with Crippen molar-refractivity contribution in [2.24, 2.45) is 5.92 Å². The Bertz CT molecular complexity index is 421. The van der Waals surface area contributed by atoms with Gasteiger partial charge in [0.05, 0.1) is 0 Å². The van der Waals surface area contributed by atoms with Gasteiger partial charge in [-0.1, -0.05) is 25.1 Å². The van der Waals surface area contributed by atoms with Gasteiger partial charge in [-0.25, -0.2) is 0 Å². The number of carbonyl (C=O) groups excluding carboxylic acids is 1. The van der Waals surface area contributed by atoms with Crippen molar-refractivity contribution in [3.8, 4) is 0 Å². The third-order valence-corrected chi connectivity index (χ3v) is 3.62. The number of nitrogens with zero attached hydrogens (tertiary/aromatic N) is 2. The lowest BCUT2D eigenvalue weighted by Gasteiger charge is -2.32. The molecule has 1 fully saturated rings. The second kappa shape index (κ2) is 6.06. The van der Waals surface area contributed by atoms with Crippen LogP contribution in [0.4, 0.5) is 5.69 Å². The van der Waals surface area contributed by atoms with E-state index in [0.29, 0.717) is 12.5 Å². The average molecular weight is 261 g/mol. The van der Waals surface area contributed by atoms with Crippen LogP contribution >= 0.6 is 0 Å². The number of carbonyl (C=O) groups is 1. The molecule has 2 atom stereocenters. The van der Waals surface area contributed by atoms with Crippen LogP contribution in [0.25, 0.3) is 0 Å². The summed E-state index contributed by atoms with van der Waals surface area (Å²) in [5.74, 6) is 0.665. The molecule has 4 nitrogen and oxygen atoms in total. The monoisotopic (exact) mass is 261 g/mol. The number of likely N-dealkylation sites (N-methyl/N-ethyl adjacent to an activating group) is 2. The summed E-state index contributed by atoms with van der Waals surface area (Å²) in [5, 5.41) is 3.14. The zero-order valence-electron chi connectivity index (χ0n) is 12.0. The smallest absolute Gasteiger partial charge is 0.246 e. The number of rotatable bonds is 3. The lowest BCUT2D eigenvalue weighted by Crippen LogP contribution is -2.50. The fourth-order valence-corrected chi connectivity index (χ4v) is 2.76. The zero-order chi connectivity index (χ0) is 13.8. The van der Waals surface area contributed by atoms with Gasteiger partial charge in [0.1, 0.15) is 6.04 Å². The maximum absolute atomic E-state index is 12.5. The van der Waals surface area contributed by atoms with Crippen molar-refractivity contribution < 1.29 is 4.79 Å². The molecule has 0 spiro atoms. The maximum Gasteiger partial charge on any atom is 0.246 e. The summed E-state index contributed by atoms with van der Waals surface area (Å²) in [4.78, 5) is 16.6. The molecule has 0 aliphatic carbocycles. The van der Waals surface area contributed by atoms with E-state index in [4.69, 9.17) is 0 Å². The number of para-hydroxylation sites is 1. The van der Waals surface area contributed by atoms with Crippen LogP contribution in [0, 0.1) is 5.92 Å². The molecule has 1 aliphatic heterocycles. The Hall–Kier alpha value is -1.55. The van der Waals surface area contributed by atoms with Crippen molar-refractivity contribution in [3.63, 3.8) is 0 Å². The van der Waals surface area contributed by atoms with Crippen LogP contribution in [0.15, 0.2) is 30.3 Å². The van der Waals surface area contributed by atoms with Gasteiger partial charge < -0.3 is 15.1 Å². The Labute approximate surface area is 115 Å². The fraction of sp³-hybridized carbons (Fsp3) is 0.533. The Balaban J connectivity index is 2.33. The highest BCUT2D eigenvalue weighted by atomic mass is 16.2. The molecular weight excluding hydrogens is 238 g/mol. The first kappa shape index (κ1) is 13.9. The van der Waals surface area contributed by atoms with Gasteiger partial charge in [0.25, 0.3) is 0 Å². The molecule has 0 aromatic heterocycles. The Kier molecular flexibility index (Phi) is 4.43. The van der Waals surface area contributed by atoms with Crippen molar-refractivity contribution in [3.05, 3.63) is 30.3 Å². The first-order valence-corrected chi connectivity index (χ1v) is 6.84. The molecule has 0 radical (unpaired) electrons. The van der Waals surface area contributed by atoms with Gasteiger partial charge in [-0.2, -0.15) is 0 Å². The van der Waals surface area contributed by atoms with E-state index in [1.54, 1.807) is 0 Å². The van der Waals surface area contributed by atoms with E-state index in [9.17, 15) is 4.79 Å². The maximum atomic E-state index is 12.5. The van der Waals surface area contributed by atoms with E-state index < -0.39 is 0 Å². The molecule has 2 unspecified atom stereocenters. The number of hydrogen-bond acceptors (Lipinski definition) is 3. The molecule has 1 N–H and O–H groups in total. The van der Waals surface area contributed by atoms with Gasteiger partial charge in [-0.05, 0) is 25.1 Å². The molecule has 1 heterocycles. The third kappa shape index (κ3) is 3.07. The highest BCUT2D eigenvalue weighted by Crippen LogP contribution is 2.22. The van der Waals surface area contributed by atoms with Crippen LogP contribution in [0.5, 0.6) is 0 Å². The molecular formula is C15H23N3O. The van der Waals surface area contributed by atoms with Gasteiger partial charge >= 0.3 is 0 Å². The number of benzene rings is 1. The Morgan fingerprint density at radius 2 is 1.95 bits per heavy atom. The molecule has 4 heteroatoms. The van der Waals surface area contributed by atoms with Crippen molar-refractivity contribution in [1.29, 1.82) is 0 Å². The summed E-state index contributed by atoms with van der Waals surface area (Å²) in [5.41, 5.74) is 1.12. The standard InChI is InChI=1S/C15H23N3O/c1-12-10-17(3)15(19)14(9-16-2)18(11-12)13-7-5-4-6-8-13/h4-8,12,14,16H,9-11H2,1-3H3. The van der Waals surface area contributed by atoms with Gasteiger partial charge in [0.15, 0.2) is 0 Å². The van der Waals surface area contributed by atoms with Gasteiger partial charge in [0.2, 0.25) is 5.91 Å². The third-order valence-electron chi connectivity index (χ3n) is 3.62. The minimum Gasteiger partial charge on any atom is -0.358 e. The largest absolute Gasteiger partial charge is 0.358 e. The van der Waals surface area contributed by atoms with Crippen molar-refractivity contribution >= 4 is 11.6 Å². The van der Waals surface area contributed by atoms with Crippen molar-refractivity contribution in [2.45, 2.75) is 13.0 Å². The van der Waals surface area contributed by atoms with Gasteiger partial charge in [-0.3, -0.25) is 4.79 Å². The zero-order valence-corrected chi connectivity index (χ0v) is 12.0. The predicted octanol–water partition coefficient (Wildman–Crippen LogP) is 1.19. The highest BCUT2D eigenvalue weighted by molar-refractivity contribution is 5.86. The van der Waals surface area contributed by atoms with Gasteiger partial charge in [0, 0.05) is 32.4 Å². The summed E-state index contributed by atoms with van der Waals surface area (Å²) in [6, 6.07) is 10.1. The summed E-state index contributed by atoms with van der Waals surface area (Å²) in [6.45, 7) is 4.60. The van der Waals surface area contributed by atoms with Crippen LogP contribution in [0.2, 0.25) is 0 Å². The van der Waals surface area contributed by atoms with Crippen LogP contribution < -0.4 is 10.2 Å². The second-order valence-electron chi connectivity index (χ2n) is 5.39. The summed E-state index contributed by atoms with van der Waals surface area (Å²) in [6.07, 6.45) is 0. The highest BCUT2D eigenvalue weighted by Gasteiger charge is 2.33. The summed E-state index contributed by atoms with van der Waals surface area (Å²) in [7, 11) is 3.79. The van der Waals surface area contributed by atoms with Crippen LogP contribution in [-0.2, 0) is 4.79 Å². The van der Waals surface area contributed by atoms with Gasteiger partial charge in [-0.15, -0.1) is 0 Å². The summed E-state index contributed by atoms with van der Waals surface area (Å²) < 4.78 is 0. The first-order valence-electron chi connectivity index (χ1n) is 6.84. The van der Waals surface area contributed by atoms with Crippen molar-refractivity contribution in [1.82, 2.24) is 10.2 Å². The lowest BCUT2D eigenvalue weighted by molar-refractivity contribution is -0.130. The molecule has 2 rings (SSSR count). The molecule has 1 saturated heterocycles. The minimum absolute atomic E-state index is 0.123. The molecule has 1 amide bonds. The average Bonchev–Trinajstić information content (AvgIpc) is 2.52. The predicted molar refractivity (Wildman–Crippen MR) is 78.3 cm³/mol. The quantitative estimate of drug-likeness (QED) is 0.888. The van der Waals surface area contributed by atoms with Crippen LogP contribution in [0.3, 0.4) is 0 Å². The number of anilines is 1. The Morgan fingerprint density at radius 3 is 2.58 bits per heavy atom. The van der Waals surface area contributed by atoms with E-state index in [2.05, 4.69) is 29.3 Å². The minimum atomic E-state index is -0.123. The second-order valence-corrected chi connectivity index (χ2v) is 5.39.